The SMILES string of the molecule is CC(C)(C)[Si](C)(C)O[C@H](CC#N)CC(=O)N[C@@H](CSCc1ccccc1)C(=O)OCc1ccccc1. The van der Waals surface area contributed by atoms with Crippen molar-refractivity contribution in [1.29, 1.82) is 5.26 Å². The standard InChI is InChI=1S/C28H38N2O4SSi/c1-28(2,3)36(4,5)34-24(16-17-29)18-26(31)30-25(21-35-20-23-14-10-7-11-15-23)27(32)33-19-22-12-8-6-9-13-22/h6-15,24-25H,16,18-21H2,1-5H3,(H,30,31)/t24-,25+/m1/s1. The van der Waals surface area contributed by atoms with E-state index >= 15 is 0 Å². The topological polar surface area (TPSA) is 88.4 Å². The van der Waals surface area contributed by atoms with Crippen LogP contribution in [-0.2, 0) is 31.1 Å². The zero-order valence-corrected chi connectivity index (χ0v) is 23.8. The lowest BCUT2D eigenvalue weighted by atomic mass is 10.2. The Labute approximate surface area is 220 Å². The fraction of sp³-hybridized carbons (Fsp3) is 0.464. The first-order valence-electron chi connectivity index (χ1n) is 12.2. The summed E-state index contributed by atoms with van der Waals surface area (Å²) >= 11 is 1.56. The molecule has 2 atom stereocenters. The highest BCUT2D eigenvalue weighted by molar-refractivity contribution is 7.98. The molecule has 0 bridgehead atoms. The number of hydrogen-bond donors (Lipinski definition) is 1. The number of rotatable bonds is 13. The summed E-state index contributed by atoms with van der Waals surface area (Å²) in [6.45, 7) is 10.7. The van der Waals surface area contributed by atoms with E-state index in [9.17, 15) is 14.9 Å². The van der Waals surface area contributed by atoms with Gasteiger partial charge in [0.15, 0.2) is 8.32 Å². The van der Waals surface area contributed by atoms with Gasteiger partial charge in [0.1, 0.15) is 12.6 Å². The second kappa shape index (κ2) is 14.2. The Hall–Kier alpha value is -2.60. The van der Waals surface area contributed by atoms with Crippen molar-refractivity contribution in [3.63, 3.8) is 0 Å². The van der Waals surface area contributed by atoms with Gasteiger partial charge in [0.25, 0.3) is 0 Å². The molecule has 36 heavy (non-hydrogen) atoms. The normalized spacial score (nSPS) is 13.3. The molecule has 6 nitrogen and oxygen atoms in total. The van der Waals surface area contributed by atoms with Gasteiger partial charge in [0.05, 0.1) is 25.0 Å². The predicted octanol–water partition coefficient (Wildman–Crippen LogP) is 5.84. The van der Waals surface area contributed by atoms with Gasteiger partial charge in [-0.2, -0.15) is 17.0 Å². The molecule has 0 aromatic heterocycles. The summed E-state index contributed by atoms with van der Waals surface area (Å²) < 4.78 is 11.9. The van der Waals surface area contributed by atoms with Crippen molar-refractivity contribution in [3.05, 3.63) is 71.8 Å². The van der Waals surface area contributed by atoms with E-state index in [-0.39, 0.29) is 30.4 Å². The smallest absolute Gasteiger partial charge is 0.329 e. The van der Waals surface area contributed by atoms with Crippen molar-refractivity contribution < 1.29 is 18.8 Å². The van der Waals surface area contributed by atoms with Gasteiger partial charge < -0.3 is 14.5 Å². The monoisotopic (exact) mass is 526 g/mol. The van der Waals surface area contributed by atoms with E-state index in [2.05, 4.69) is 45.3 Å². The number of nitrogens with zero attached hydrogens (tertiary/aromatic N) is 1. The van der Waals surface area contributed by atoms with Crippen LogP contribution < -0.4 is 5.32 Å². The Morgan fingerprint density at radius 3 is 2.17 bits per heavy atom. The molecule has 0 radical (unpaired) electrons. The van der Waals surface area contributed by atoms with E-state index in [4.69, 9.17) is 9.16 Å². The number of ether oxygens (including phenoxy) is 1. The summed E-state index contributed by atoms with van der Waals surface area (Å²) in [6, 6.07) is 20.7. The molecule has 0 aliphatic rings. The quantitative estimate of drug-likeness (QED) is 0.260. The van der Waals surface area contributed by atoms with Crippen LogP contribution in [0.4, 0.5) is 0 Å². The number of carbonyl (C=O) groups excluding carboxylic acids is 2. The van der Waals surface area contributed by atoms with E-state index in [1.54, 1.807) is 11.8 Å². The maximum absolute atomic E-state index is 13.0. The Bertz CT molecular complexity index is 1000. The molecule has 0 unspecified atom stereocenters. The van der Waals surface area contributed by atoms with Crippen LogP contribution in [0.25, 0.3) is 0 Å². The third-order valence-electron chi connectivity index (χ3n) is 6.24. The van der Waals surface area contributed by atoms with Crippen molar-refractivity contribution in [2.45, 2.75) is 76.3 Å². The summed E-state index contributed by atoms with van der Waals surface area (Å²) in [6.07, 6.45) is -0.383. The van der Waals surface area contributed by atoms with Gasteiger partial charge >= 0.3 is 5.97 Å². The lowest BCUT2D eigenvalue weighted by molar-refractivity contribution is -0.148. The maximum Gasteiger partial charge on any atom is 0.329 e. The minimum atomic E-state index is -2.17. The molecule has 0 heterocycles. The number of carbonyl (C=O) groups is 2. The average Bonchev–Trinajstić information content (AvgIpc) is 2.82. The third kappa shape index (κ3) is 10.2. The first-order chi connectivity index (χ1) is 17.0. The third-order valence-corrected chi connectivity index (χ3v) is 11.9. The summed E-state index contributed by atoms with van der Waals surface area (Å²) in [7, 11) is -2.17. The maximum atomic E-state index is 13.0. The van der Waals surface area contributed by atoms with E-state index in [0.717, 1.165) is 11.1 Å². The predicted molar refractivity (Wildman–Crippen MR) is 148 cm³/mol. The number of nitrogens with one attached hydrogen (secondary N) is 1. The van der Waals surface area contributed by atoms with Crippen LogP contribution in [0, 0.1) is 11.3 Å². The number of esters is 1. The van der Waals surface area contributed by atoms with Gasteiger partial charge in [-0.3, -0.25) is 4.79 Å². The molecule has 2 rings (SSSR count). The highest BCUT2D eigenvalue weighted by atomic mass is 32.2. The summed E-state index contributed by atoms with van der Waals surface area (Å²) in [5.41, 5.74) is 2.02. The molecule has 0 saturated heterocycles. The highest BCUT2D eigenvalue weighted by Crippen LogP contribution is 2.38. The molecule has 2 aromatic rings. The molecular weight excluding hydrogens is 488 g/mol. The molecular formula is C28H38N2O4SSi. The van der Waals surface area contributed by atoms with Gasteiger partial charge in [-0.1, -0.05) is 81.4 Å². The Kier molecular flexibility index (Phi) is 11.7. The van der Waals surface area contributed by atoms with E-state index < -0.39 is 26.4 Å². The fourth-order valence-corrected chi connectivity index (χ4v) is 5.53. The van der Waals surface area contributed by atoms with Crippen LogP contribution in [0.15, 0.2) is 60.7 Å². The number of amides is 1. The molecule has 2 aromatic carbocycles. The fourth-order valence-electron chi connectivity index (χ4n) is 3.18. The number of hydrogen-bond acceptors (Lipinski definition) is 6. The first-order valence-corrected chi connectivity index (χ1v) is 16.2. The number of benzene rings is 2. The molecule has 0 fully saturated rings. The molecule has 0 saturated carbocycles. The van der Waals surface area contributed by atoms with Crippen molar-refractivity contribution in [3.8, 4) is 6.07 Å². The minimum absolute atomic E-state index is 0.0197. The molecule has 0 spiro atoms. The zero-order chi connectivity index (χ0) is 26.6. The summed E-state index contributed by atoms with van der Waals surface area (Å²) in [4.78, 5) is 25.9. The van der Waals surface area contributed by atoms with Gasteiger partial charge in [0, 0.05) is 11.5 Å². The molecule has 0 aliphatic heterocycles. The minimum Gasteiger partial charge on any atom is -0.459 e. The zero-order valence-electron chi connectivity index (χ0n) is 22.0. The van der Waals surface area contributed by atoms with Crippen LogP contribution in [0.2, 0.25) is 18.1 Å². The Morgan fingerprint density at radius 2 is 1.61 bits per heavy atom. The van der Waals surface area contributed by atoms with Gasteiger partial charge in [-0.05, 0) is 29.3 Å². The van der Waals surface area contributed by atoms with Crippen LogP contribution >= 0.6 is 11.8 Å². The van der Waals surface area contributed by atoms with E-state index in [1.165, 1.54) is 0 Å². The average molecular weight is 527 g/mol. The van der Waals surface area contributed by atoms with Crippen LogP contribution in [0.5, 0.6) is 0 Å². The van der Waals surface area contributed by atoms with Gasteiger partial charge in [0.2, 0.25) is 5.91 Å². The first kappa shape index (κ1) is 29.6. The second-order valence-electron chi connectivity index (χ2n) is 10.3. The van der Waals surface area contributed by atoms with Crippen LogP contribution in [-0.4, -0.2) is 38.1 Å². The highest BCUT2D eigenvalue weighted by Gasteiger charge is 2.39. The molecule has 1 amide bonds. The van der Waals surface area contributed by atoms with Gasteiger partial charge in [-0.15, -0.1) is 0 Å². The van der Waals surface area contributed by atoms with Crippen molar-refractivity contribution in [1.82, 2.24) is 5.32 Å². The van der Waals surface area contributed by atoms with Crippen molar-refractivity contribution >= 4 is 32.0 Å². The molecule has 0 aliphatic carbocycles. The molecule has 194 valence electrons. The van der Waals surface area contributed by atoms with Crippen LogP contribution in [0.3, 0.4) is 0 Å². The number of nitriles is 1. The van der Waals surface area contributed by atoms with Gasteiger partial charge in [-0.25, -0.2) is 4.79 Å². The van der Waals surface area contributed by atoms with Crippen molar-refractivity contribution in [2.24, 2.45) is 0 Å². The van der Waals surface area contributed by atoms with E-state index in [1.807, 2.05) is 60.7 Å². The summed E-state index contributed by atoms with van der Waals surface area (Å²) in [5.74, 6) is 0.288. The Balaban J connectivity index is 2.03. The second-order valence-corrected chi connectivity index (χ2v) is 16.1. The Morgan fingerprint density at radius 1 is 1.03 bits per heavy atom. The van der Waals surface area contributed by atoms with E-state index in [0.29, 0.717) is 11.5 Å². The molecule has 1 N–H and O–H groups in total. The molecule has 8 heteroatoms. The largest absolute Gasteiger partial charge is 0.459 e. The van der Waals surface area contributed by atoms with Crippen molar-refractivity contribution in [2.75, 3.05) is 5.75 Å². The lowest BCUT2D eigenvalue weighted by Crippen LogP contribution is -2.47. The number of thioether (sulfide) groups is 1. The lowest BCUT2D eigenvalue weighted by Gasteiger charge is -2.38. The summed E-state index contributed by atoms with van der Waals surface area (Å²) in [5, 5.41) is 12.1. The van der Waals surface area contributed by atoms with Crippen LogP contribution in [0.1, 0.15) is 44.7 Å².